The number of fused-ring (bicyclic) bond motifs is 2. The molecule has 2 fully saturated rings. The van der Waals surface area contributed by atoms with E-state index in [4.69, 9.17) is 5.73 Å². The number of imide groups is 1. The monoisotopic (exact) mass is 226 g/mol. The first-order valence-electron chi connectivity index (χ1n) is 5.33. The number of nitrogens with zero attached hydrogens (tertiary/aromatic N) is 1. The van der Waals surface area contributed by atoms with Crippen LogP contribution in [0, 0.1) is 11.8 Å². The minimum Gasteiger partial charge on any atom is -0.381 e. The topological polar surface area (TPSA) is 101 Å². The maximum absolute atomic E-state index is 11.8. The number of hydrogen-bond acceptors (Lipinski definition) is 4. The standard InChI is InChI=1S/C10H14N2O4/c11-8(14)7(13)4-12-9(15)5-1-2-6(3-5)10(12)16/h5-7,13H,1-4H2,(H2,11,14). The molecule has 2 aliphatic rings. The summed E-state index contributed by atoms with van der Waals surface area (Å²) in [6.45, 7) is -0.306. The molecule has 3 amide bonds. The van der Waals surface area contributed by atoms with Gasteiger partial charge in [0.25, 0.3) is 0 Å². The summed E-state index contributed by atoms with van der Waals surface area (Å²) < 4.78 is 0. The highest BCUT2D eigenvalue weighted by Crippen LogP contribution is 2.37. The van der Waals surface area contributed by atoms with Gasteiger partial charge < -0.3 is 10.8 Å². The Morgan fingerprint density at radius 2 is 1.88 bits per heavy atom. The molecule has 1 saturated carbocycles. The van der Waals surface area contributed by atoms with E-state index in [1.165, 1.54) is 0 Å². The van der Waals surface area contributed by atoms with Crippen molar-refractivity contribution in [1.82, 2.24) is 4.90 Å². The van der Waals surface area contributed by atoms with Crippen molar-refractivity contribution in [1.29, 1.82) is 0 Å². The molecule has 0 spiro atoms. The average Bonchev–Trinajstić information content (AvgIpc) is 2.68. The molecule has 0 aromatic heterocycles. The van der Waals surface area contributed by atoms with Crippen LogP contribution < -0.4 is 5.73 Å². The molecule has 16 heavy (non-hydrogen) atoms. The highest BCUT2D eigenvalue weighted by molar-refractivity contribution is 6.01. The summed E-state index contributed by atoms with van der Waals surface area (Å²) in [6.07, 6.45) is 0.586. The molecule has 6 nitrogen and oxygen atoms in total. The van der Waals surface area contributed by atoms with E-state index in [0.29, 0.717) is 6.42 Å². The van der Waals surface area contributed by atoms with Gasteiger partial charge in [0.1, 0.15) is 0 Å². The molecule has 0 aromatic carbocycles. The highest BCUT2D eigenvalue weighted by Gasteiger charge is 2.45. The van der Waals surface area contributed by atoms with Crippen LogP contribution in [0.1, 0.15) is 19.3 Å². The maximum Gasteiger partial charge on any atom is 0.248 e. The summed E-state index contributed by atoms with van der Waals surface area (Å²) in [4.78, 5) is 35.3. The van der Waals surface area contributed by atoms with Crippen LogP contribution >= 0.6 is 0 Å². The van der Waals surface area contributed by atoms with Crippen LogP contribution in [0.4, 0.5) is 0 Å². The Balaban J connectivity index is 2.11. The van der Waals surface area contributed by atoms with Gasteiger partial charge in [-0.1, -0.05) is 0 Å². The van der Waals surface area contributed by atoms with Crippen LogP contribution in [0.15, 0.2) is 0 Å². The third kappa shape index (κ3) is 1.69. The minimum absolute atomic E-state index is 0.122. The second-order valence-electron chi connectivity index (χ2n) is 4.41. The first-order chi connectivity index (χ1) is 7.50. The van der Waals surface area contributed by atoms with Crippen molar-refractivity contribution >= 4 is 17.7 Å². The lowest BCUT2D eigenvalue weighted by atomic mass is 9.97. The molecule has 0 aromatic rings. The Bertz CT molecular complexity index is 333. The Kier molecular flexibility index (Phi) is 2.67. The predicted molar refractivity (Wildman–Crippen MR) is 52.8 cm³/mol. The Hall–Kier alpha value is -1.43. The van der Waals surface area contributed by atoms with Gasteiger partial charge in [-0.25, -0.2) is 0 Å². The van der Waals surface area contributed by atoms with Crippen molar-refractivity contribution in [2.75, 3.05) is 6.54 Å². The molecule has 2 bridgehead atoms. The van der Waals surface area contributed by atoms with Crippen LogP contribution in [-0.4, -0.2) is 40.4 Å². The van der Waals surface area contributed by atoms with Crippen molar-refractivity contribution in [3.05, 3.63) is 0 Å². The third-order valence-electron chi connectivity index (χ3n) is 3.35. The maximum atomic E-state index is 11.8. The molecule has 1 aliphatic carbocycles. The fourth-order valence-electron chi connectivity index (χ4n) is 2.42. The molecule has 3 unspecified atom stereocenters. The van der Waals surface area contributed by atoms with Gasteiger partial charge in [-0.05, 0) is 19.3 Å². The zero-order chi connectivity index (χ0) is 11.9. The quantitative estimate of drug-likeness (QED) is 0.579. The molecular formula is C10H14N2O4. The number of likely N-dealkylation sites (tertiary alicyclic amines) is 1. The fraction of sp³-hybridized carbons (Fsp3) is 0.700. The van der Waals surface area contributed by atoms with E-state index in [0.717, 1.165) is 17.7 Å². The molecule has 88 valence electrons. The number of aliphatic hydroxyl groups excluding tert-OH is 1. The van der Waals surface area contributed by atoms with E-state index in [-0.39, 0.29) is 30.2 Å². The zero-order valence-corrected chi connectivity index (χ0v) is 8.76. The normalized spacial score (nSPS) is 30.7. The highest BCUT2D eigenvalue weighted by atomic mass is 16.3. The second kappa shape index (κ2) is 3.86. The van der Waals surface area contributed by atoms with Crippen molar-refractivity contribution in [3.63, 3.8) is 0 Å². The van der Waals surface area contributed by atoms with E-state index in [2.05, 4.69) is 0 Å². The lowest BCUT2D eigenvalue weighted by Crippen LogP contribution is -2.51. The molecule has 0 radical (unpaired) electrons. The molecule has 1 heterocycles. The summed E-state index contributed by atoms with van der Waals surface area (Å²) in [6, 6.07) is 0. The van der Waals surface area contributed by atoms with Gasteiger partial charge in [0.05, 0.1) is 6.54 Å². The van der Waals surface area contributed by atoms with E-state index in [1.807, 2.05) is 0 Å². The van der Waals surface area contributed by atoms with Crippen molar-refractivity contribution in [2.24, 2.45) is 17.6 Å². The predicted octanol–water partition coefficient (Wildman–Crippen LogP) is -1.38. The lowest BCUT2D eigenvalue weighted by molar-refractivity contribution is -0.155. The largest absolute Gasteiger partial charge is 0.381 e. The molecular weight excluding hydrogens is 212 g/mol. The number of piperidine rings is 1. The van der Waals surface area contributed by atoms with Gasteiger partial charge >= 0.3 is 0 Å². The minimum atomic E-state index is -1.47. The number of rotatable bonds is 3. The molecule has 3 atom stereocenters. The van der Waals surface area contributed by atoms with Crippen LogP contribution in [-0.2, 0) is 14.4 Å². The summed E-state index contributed by atoms with van der Waals surface area (Å²) in [5.74, 6) is -1.72. The number of hydrogen-bond donors (Lipinski definition) is 2. The second-order valence-corrected chi connectivity index (χ2v) is 4.41. The van der Waals surface area contributed by atoms with E-state index in [9.17, 15) is 19.5 Å². The summed E-state index contributed by atoms with van der Waals surface area (Å²) in [5, 5.41) is 9.29. The van der Waals surface area contributed by atoms with E-state index < -0.39 is 12.0 Å². The summed E-state index contributed by atoms with van der Waals surface area (Å²) in [5.41, 5.74) is 4.89. The number of carbonyl (C=O) groups is 3. The number of nitrogens with two attached hydrogens (primary N) is 1. The Morgan fingerprint density at radius 1 is 1.38 bits per heavy atom. The van der Waals surface area contributed by atoms with Gasteiger partial charge in [0, 0.05) is 11.8 Å². The number of amides is 3. The van der Waals surface area contributed by atoms with E-state index in [1.54, 1.807) is 0 Å². The number of primary amides is 1. The summed E-state index contributed by atoms with van der Waals surface area (Å²) >= 11 is 0. The van der Waals surface area contributed by atoms with Gasteiger partial charge in [-0.15, -0.1) is 0 Å². The lowest BCUT2D eigenvalue weighted by Gasteiger charge is -2.30. The van der Waals surface area contributed by atoms with E-state index >= 15 is 0 Å². The van der Waals surface area contributed by atoms with Crippen LogP contribution in [0.2, 0.25) is 0 Å². The van der Waals surface area contributed by atoms with Crippen LogP contribution in [0.5, 0.6) is 0 Å². The number of aliphatic hydroxyl groups is 1. The third-order valence-corrected chi connectivity index (χ3v) is 3.35. The first-order valence-corrected chi connectivity index (χ1v) is 5.33. The average molecular weight is 226 g/mol. The Labute approximate surface area is 92.4 Å². The van der Waals surface area contributed by atoms with Gasteiger partial charge in [-0.3, -0.25) is 19.3 Å². The molecule has 1 saturated heterocycles. The van der Waals surface area contributed by atoms with Crippen LogP contribution in [0.3, 0.4) is 0 Å². The summed E-state index contributed by atoms with van der Waals surface area (Å²) in [7, 11) is 0. The number of β-amino-alcohol motifs (C(OH)–C–C–N with tert-alkyl or cyclic N) is 1. The fourth-order valence-corrected chi connectivity index (χ4v) is 2.42. The smallest absolute Gasteiger partial charge is 0.248 e. The van der Waals surface area contributed by atoms with Gasteiger partial charge in [0.15, 0.2) is 6.10 Å². The molecule has 1 aliphatic heterocycles. The van der Waals surface area contributed by atoms with Crippen molar-refractivity contribution < 1.29 is 19.5 Å². The van der Waals surface area contributed by atoms with Crippen LogP contribution in [0.25, 0.3) is 0 Å². The van der Waals surface area contributed by atoms with Crippen molar-refractivity contribution in [3.8, 4) is 0 Å². The van der Waals surface area contributed by atoms with Gasteiger partial charge in [0.2, 0.25) is 17.7 Å². The molecule has 6 heteroatoms. The molecule has 2 rings (SSSR count). The van der Waals surface area contributed by atoms with Crippen molar-refractivity contribution in [2.45, 2.75) is 25.4 Å². The van der Waals surface area contributed by atoms with Gasteiger partial charge in [-0.2, -0.15) is 0 Å². The molecule has 3 N–H and O–H groups in total. The Morgan fingerprint density at radius 3 is 2.31 bits per heavy atom. The zero-order valence-electron chi connectivity index (χ0n) is 8.76. The number of carbonyl (C=O) groups excluding carboxylic acids is 3. The SMILES string of the molecule is NC(=O)C(O)CN1C(=O)C2CCC(C2)C1=O. The first kappa shape index (κ1) is 11.1.